The van der Waals surface area contributed by atoms with Crippen LogP contribution in [0.15, 0.2) is 40.8 Å². The summed E-state index contributed by atoms with van der Waals surface area (Å²) >= 11 is 1.70. The molecular weight excluding hydrogens is 406 g/mol. The van der Waals surface area contributed by atoms with Crippen LogP contribution in [0.5, 0.6) is 0 Å². The largest absolute Gasteiger partial charge is 0.370 e. The minimum Gasteiger partial charge on any atom is -0.370 e. The van der Waals surface area contributed by atoms with Gasteiger partial charge in [-0.05, 0) is 44.0 Å². The van der Waals surface area contributed by atoms with Gasteiger partial charge in [-0.25, -0.2) is 4.98 Å². The lowest BCUT2D eigenvalue weighted by molar-refractivity contribution is 0.253. The predicted molar refractivity (Wildman–Crippen MR) is 131 cm³/mol. The van der Waals surface area contributed by atoms with Crippen molar-refractivity contribution >= 4 is 28.1 Å². The number of aliphatic imine (C=N–C) groups is 1. The summed E-state index contributed by atoms with van der Waals surface area (Å²) in [5, 5.41) is 3.14. The molecule has 0 unspecified atom stereocenters. The molecule has 168 valence electrons. The van der Waals surface area contributed by atoms with Crippen molar-refractivity contribution in [2.75, 3.05) is 75.2 Å². The molecule has 2 fully saturated rings. The predicted octanol–water partition coefficient (Wildman–Crippen LogP) is 2.49. The van der Waals surface area contributed by atoms with Crippen LogP contribution in [0.4, 0.5) is 10.8 Å². The standard InChI is InChI=1S/C23H35N7S/c1-20-5-4-6-21(19-20)28-12-10-27(11-13-28)9-3-2-7-25-22(24)29-14-16-30(17-15-29)23-26-8-18-31-23/h4-6,8,18-19H,2-3,7,9-17H2,1H3,(H2,24,25). The third kappa shape index (κ3) is 6.11. The highest BCUT2D eigenvalue weighted by Gasteiger charge is 2.20. The molecule has 2 aromatic rings. The Balaban J connectivity index is 1.10. The SMILES string of the molecule is Cc1cccc(N2CCN(CCCCN=C(N)N3CCN(c4nccs4)CC3)CC2)c1. The Bertz CT molecular complexity index is 822. The van der Waals surface area contributed by atoms with E-state index in [4.69, 9.17) is 5.73 Å². The van der Waals surface area contributed by atoms with Gasteiger partial charge in [-0.2, -0.15) is 0 Å². The molecule has 8 heteroatoms. The van der Waals surface area contributed by atoms with Gasteiger partial charge in [0.05, 0.1) is 0 Å². The smallest absolute Gasteiger partial charge is 0.191 e. The van der Waals surface area contributed by atoms with Gasteiger partial charge in [-0.3, -0.25) is 9.89 Å². The van der Waals surface area contributed by atoms with Gasteiger partial charge in [0, 0.05) is 76.2 Å². The lowest BCUT2D eigenvalue weighted by Crippen LogP contribution is -2.51. The van der Waals surface area contributed by atoms with Gasteiger partial charge in [-0.15, -0.1) is 11.3 Å². The summed E-state index contributed by atoms with van der Waals surface area (Å²) in [6.07, 6.45) is 4.14. The number of aryl methyl sites for hydroxylation is 1. The van der Waals surface area contributed by atoms with E-state index in [1.165, 1.54) is 17.7 Å². The molecule has 2 saturated heterocycles. The van der Waals surface area contributed by atoms with Crippen LogP contribution >= 0.6 is 11.3 Å². The third-order valence-corrected chi connectivity index (χ3v) is 7.02. The number of hydrogen-bond acceptors (Lipinski definition) is 6. The molecule has 0 amide bonds. The summed E-state index contributed by atoms with van der Waals surface area (Å²) < 4.78 is 0. The maximum absolute atomic E-state index is 6.25. The summed E-state index contributed by atoms with van der Waals surface area (Å²) in [7, 11) is 0. The zero-order valence-corrected chi connectivity index (χ0v) is 19.4. The first-order chi connectivity index (χ1) is 15.2. The second-order valence-corrected chi connectivity index (χ2v) is 9.28. The maximum atomic E-state index is 6.25. The topological polar surface area (TPSA) is 64.2 Å². The first kappa shape index (κ1) is 21.9. The zero-order valence-electron chi connectivity index (χ0n) is 18.6. The summed E-state index contributed by atoms with van der Waals surface area (Å²) in [6.45, 7) is 12.4. The maximum Gasteiger partial charge on any atom is 0.191 e. The molecule has 1 aromatic heterocycles. The van der Waals surface area contributed by atoms with Gasteiger partial charge in [-0.1, -0.05) is 12.1 Å². The molecule has 2 N–H and O–H groups in total. The molecule has 1 aromatic carbocycles. The van der Waals surface area contributed by atoms with Gasteiger partial charge in [0.25, 0.3) is 0 Å². The minimum absolute atomic E-state index is 0.700. The van der Waals surface area contributed by atoms with E-state index in [1.54, 1.807) is 11.3 Å². The second kappa shape index (κ2) is 10.8. The van der Waals surface area contributed by atoms with Crippen molar-refractivity contribution in [3.63, 3.8) is 0 Å². The Morgan fingerprint density at radius 1 is 1.03 bits per heavy atom. The number of guanidine groups is 1. The van der Waals surface area contributed by atoms with Crippen LogP contribution in [0.25, 0.3) is 0 Å². The fourth-order valence-corrected chi connectivity index (χ4v) is 4.99. The van der Waals surface area contributed by atoms with E-state index in [9.17, 15) is 0 Å². The van der Waals surface area contributed by atoms with Crippen molar-refractivity contribution in [3.05, 3.63) is 41.4 Å². The number of unbranched alkanes of at least 4 members (excludes halogenated alkanes) is 1. The summed E-state index contributed by atoms with van der Waals surface area (Å²) in [4.78, 5) is 18.7. The molecule has 0 atom stereocenters. The van der Waals surface area contributed by atoms with Gasteiger partial charge in [0.15, 0.2) is 11.1 Å². The average molecular weight is 442 g/mol. The summed E-state index contributed by atoms with van der Waals surface area (Å²) in [5.74, 6) is 0.700. The van der Waals surface area contributed by atoms with Crippen LogP contribution in [-0.4, -0.2) is 86.2 Å². The third-order valence-electron chi connectivity index (χ3n) is 6.19. The molecule has 2 aliphatic heterocycles. The Hall–Kier alpha value is -2.32. The molecule has 0 spiro atoms. The van der Waals surface area contributed by atoms with Crippen LogP contribution < -0.4 is 15.5 Å². The molecular formula is C23H35N7S. The number of rotatable bonds is 7. The Labute approximate surface area is 190 Å². The van der Waals surface area contributed by atoms with Crippen LogP contribution in [0.2, 0.25) is 0 Å². The molecule has 0 bridgehead atoms. The van der Waals surface area contributed by atoms with E-state index in [2.05, 4.69) is 60.8 Å². The molecule has 0 aliphatic carbocycles. The Morgan fingerprint density at radius 2 is 1.81 bits per heavy atom. The molecule has 2 aliphatic rings. The monoisotopic (exact) mass is 441 g/mol. The highest BCUT2D eigenvalue weighted by atomic mass is 32.1. The van der Waals surface area contributed by atoms with E-state index in [0.29, 0.717) is 5.96 Å². The Kier molecular flexibility index (Phi) is 7.64. The summed E-state index contributed by atoms with van der Waals surface area (Å²) in [6, 6.07) is 8.84. The lowest BCUT2D eigenvalue weighted by Gasteiger charge is -2.36. The number of nitrogens with zero attached hydrogens (tertiary/aromatic N) is 6. The number of hydrogen-bond donors (Lipinski definition) is 1. The van der Waals surface area contributed by atoms with E-state index < -0.39 is 0 Å². The molecule has 31 heavy (non-hydrogen) atoms. The van der Waals surface area contributed by atoms with Gasteiger partial charge < -0.3 is 20.4 Å². The van der Waals surface area contributed by atoms with E-state index >= 15 is 0 Å². The molecule has 3 heterocycles. The van der Waals surface area contributed by atoms with Crippen LogP contribution in [-0.2, 0) is 0 Å². The first-order valence-electron chi connectivity index (χ1n) is 11.4. The highest BCUT2D eigenvalue weighted by molar-refractivity contribution is 7.13. The molecule has 0 radical (unpaired) electrons. The van der Waals surface area contributed by atoms with Gasteiger partial charge >= 0.3 is 0 Å². The molecule has 7 nitrogen and oxygen atoms in total. The van der Waals surface area contributed by atoms with Crippen LogP contribution in [0.3, 0.4) is 0 Å². The van der Waals surface area contributed by atoms with Crippen molar-refractivity contribution in [2.24, 2.45) is 10.7 Å². The molecule has 4 rings (SSSR count). The highest BCUT2D eigenvalue weighted by Crippen LogP contribution is 2.19. The number of anilines is 2. The van der Waals surface area contributed by atoms with Gasteiger partial charge in [0.2, 0.25) is 0 Å². The van der Waals surface area contributed by atoms with Crippen molar-refractivity contribution in [1.29, 1.82) is 0 Å². The number of piperazine rings is 2. The zero-order chi connectivity index (χ0) is 21.5. The fourth-order valence-electron chi connectivity index (χ4n) is 4.29. The van der Waals surface area contributed by atoms with Crippen LogP contribution in [0.1, 0.15) is 18.4 Å². The van der Waals surface area contributed by atoms with E-state index in [1.807, 2.05) is 11.6 Å². The van der Waals surface area contributed by atoms with E-state index in [0.717, 1.165) is 77.0 Å². The Morgan fingerprint density at radius 3 is 2.52 bits per heavy atom. The van der Waals surface area contributed by atoms with Crippen molar-refractivity contribution in [1.82, 2.24) is 14.8 Å². The quantitative estimate of drug-likeness (QED) is 0.405. The van der Waals surface area contributed by atoms with Crippen molar-refractivity contribution in [3.8, 4) is 0 Å². The number of aromatic nitrogens is 1. The van der Waals surface area contributed by atoms with E-state index in [-0.39, 0.29) is 0 Å². The lowest BCUT2D eigenvalue weighted by atomic mass is 10.2. The number of nitrogens with two attached hydrogens (primary N) is 1. The molecule has 0 saturated carbocycles. The van der Waals surface area contributed by atoms with Crippen LogP contribution in [0, 0.1) is 6.92 Å². The minimum atomic E-state index is 0.700. The van der Waals surface area contributed by atoms with Crippen molar-refractivity contribution < 1.29 is 0 Å². The normalized spacial score (nSPS) is 18.6. The number of benzene rings is 1. The van der Waals surface area contributed by atoms with Gasteiger partial charge in [0.1, 0.15) is 0 Å². The van der Waals surface area contributed by atoms with Crippen molar-refractivity contribution in [2.45, 2.75) is 19.8 Å². The fraction of sp³-hybridized carbons (Fsp3) is 0.565. The first-order valence-corrected chi connectivity index (χ1v) is 12.3. The summed E-state index contributed by atoms with van der Waals surface area (Å²) in [5.41, 5.74) is 8.94. The number of thiazole rings is 1. The second-order valence-electron chi connectivity index (χ2n) is 8.40. The average Bonchev–Trinajstić information content (AvgIpc) is 3.34.